The Morgan fingerprint density at radius 3 is 2.67 bits per heavy atom. The molecule has 0 amide bonds. The van der Waals surface area contributed by atoms with Gasteiger partial charge in [0.25, 0.3) is 11.2 Å². The largest absolute Gasteiger partial charge is 0.497 e. The van der Waals surface area contributed by atoms with Gasteiger partial charge in [0.2, 0.25) is 0 Å². The number of ether oxygens (including phenoxy) is 1. The minimum Gasteiger partial charge on any atom is -0.497 e. The first kappa shape index (κ1) is 17.2. The predicted molar refractivity (Wildman–Crippen MR) is 101 cm³/mol. The number of nitrogens with one attached hydrogen (secondary N) is 1. The molecule has 4 rings (SSSR count). The molecule has 1 N–H and O–H groups in total. The molecule has 0 radical (unpaired) electrons. The lowest BCUT2D eigenvalue weighted by atomic mass is 10.1. The fraction of sp³-hybridized carbons (Fsp3) is 0.263. The molecule has 2 aromatic carbocycles. The van der Waals surface area contributed by atoms with Crippen LogP contribution in [0.15, 0.2) is 47.3 Å². The maximum Gasteiger partial charge on any atom is 0.271 e. The second kappa shape index (κ2) is 6.81. The lowest BCUT2D eigenvalue weighted by Crippen LogP contribution is -2.28. The zero-order valence-corrected chi connectivity index (χ0v) is 14.7. The van der Waals surface area contributed by atoms with Crippen molar-refractivity contribution in [1.82, 2.24) is 14.9 Å². The Bertz CT molecular complexity index is 1070. The Hall–Kier alpha value is -3.26. The molecule has 0 saturated carbocycles. The summed E-state index contributed by atoms with van der Waals surface area (Å²) in [6.07, 6.45) is 1.83. The Labute approximate surface area is 154 Å². The number of benzene rings is 2. The summed E-state index contributed by atoms with van der Waals surface area (Å²) in [6.45, 7) is 0.843. The highest BCUT2D eigenvalue weighted by atomic mass is 16.6. The van der Waals surface area contributed by atoms with Gasteiger partial charge in [-0.25, -0.2) is 4.98 Å². The Balaban J connectivity index is 1.98. The number of methoxy groups -OCH3 is 1. The van der Waals surface area contributed by atoms with Crippen LogP contribution in [0.5, 0.6) is 5.75 Å². The van der Waals surface area contributed by atoms with Gasteiger partial charge in [-0.3, -0.25) is 19.5 Å². The molecule has 138 valence electrons. The van der Waals surface area contributed by atoms with Crippen LogP contribution in [-0.4, -0.2) is 28.1 Å². The van der Waals surface area contributed by atoms with E-state index in [1.165, 1.54) is 18.2 Å². The maximum atomic E-state index is 13.2. The highest BCUT2D eigenvalue weighted by molar-refractivity contribution is 5.80. The van der Waals surface area contributed by atoms with Gasteiger partial charge >= 0.3 is 0 Å². The van der Waals surface area contributed by atoms with E-state index in [1.54, 1.807) is 35.9 Å². The van der Waals surface area contributed by atoms with Crippen molar-refractivity contribution in [3.8, 4) is 11.4 Å². The van der Waals surface area contributed by atoms with Gasteiger partial charge in [0, 0.05) is 12.1 Å². The van der Waals surface area contributed by atoms with Crippen LogP contribution in [0.4, 0.5) is 5.69 Å². The third-order valence-electron chi connectivity index (χ3n) is 4.79. The summed E-state index contributed by atoms with van der Waals surface area (Å²) in [6, 6.07) is 11.2. The number of hydrogen-bond donors (Lipinski definition) is 1. The van der Waals surface area contributed by atoms with E-state index in [0.717, 1.165) is 19.4 Å². The van der Waals surface area contributed by atoms with Crippen molar-refractivity contribution < 1.29 is 9.66 Å². The van der Waals surface area contributed by atoms with Gasteiger partial charge in [-0.15, -0.1) is 0 Å². The molecule has 3 aromatic rings. The van der Waals surface area contributed by atoms with Crippen LogP contribution in [0.1, 0.15) is 24.7 Å². The van der Waals surface area contributed by atoms with Crippen LogP contribution in [-0.2, 0) is 0 Å². The van der Waals surface area contributed by atoms with E-state index in [9.17, 15) is 14.9 Å². The van der Waals surface area contributed by atoms with Crippen molar-refractivity contribution in [2.45, 2.75) is 18.9 Å². The lowest BCUT2D eigenvalue weighted by molar-refractivity contribution is -0.384. The van der Waals surface area contributed by atoms with Gasteiger partial charge in [0.05, 0.1) is 34.7 Å². The molecule has 1 atom stereocenters. The van der Waals surface area contributed by atoms with E-state index in [-0.39, 0.29) is 17.3 Å². The molecule has 27 heavy (non-hydrogen) atoms. The van der Waals surface area contributed by atoms with E-state index in [0.29, 0.717) is 28.2 Å². The summed E-state index contributed by atoms with van der Waals surface area (Å²) in [5.41, 5.74) is 0.686. The molecule has 0 bridgehead atoms. The van der Waals surface area contributed by atoms with E-state index in [1.807, 2.05) is 0 Å². The van der Waals surface area contributed by atoms with Crippen LogP contribution in [0.3, 0.4) is 0 Å². The SMILES string of the molecule is COc1ccc(-n2c([C@H]3CCCN3)nc3cc([N+](=O)[O-])ccc3c2=O)cc1. The third-order valence-corrected chi connectivity index (χ3v) is 4.79. The van der Waals surface area contributed by atoms with Gasteiger partial charge in [0.1, 0.15) is 11.6 Å². The molecule has 1 aromatic heterocycles. The second-order valence-corrected chi connectivity index (χ2v) is 6.42. The monoisotopic (exact) mass is 366 g/mol. The molecule has 8 heteroatoms. The zero-order chi connectivity index (χ0) is 19.0. The highest BCUT2D eigenvalue weighted by Gasteiger charge is 2.24. The molecule has 1 aliphatic rings. The minimum absolute atomic E-state index is 0.0801. The number of nitro groups is 1. The Morgan fingerprint density at radius 2 is 2.04 bits per heavy atom. The predicted octanol–water partition coefficient (Wildman–Crippen LogP) is 2.73. The second-order valence-electron chi connectivity index (χ2n) is 6.42. The third kappa shape index (κ3) is 3.04. The zero-order valence-electron chi connectivity index (χ0n) is 14.7. The Morgan fingerprint density at radius 1 is 1.26 bits per heavy atom. The van der Waals surface area contributed by atoms with Crippen LogP contribution in [0.25, 0.3) is 16.6 Å². The van der Waals surface area contributed by atoms with Gasteiger partial charge in [-0.2, -0.15) is 0 Å². The minimum atomic E-state index is -0.483. The van der Waals surface area contributed by atoms with Crippen molar-refractivity contribution in [2.24, 2.45) is 0 Å². The fourth-order valence-electron chi connectivity index (χ4n) is 3.42. The van der Waals surface area contributed by atoms with E-state index >= 15 is 0 Å². The first-order valence-electron chi connectivity index (χ1n) is 8.67. The number of aromatic nitrogens is 2. The molecule has 2 heterocycles. The quantitative estimate of drug-likeness (QED) is 0.563. The molecule has 1 saturated heterocycles. The van der Waals surface area contributed by atoms with E-state index in [4.69, 9.17) is 4.74 Å². The van der Waals surface area contributed by atoms with Crippen molar-refractivity contribution in [3.63, 3.8) is 0 Å². The number of nitrogens with zero attached hydrogens (tertiary/aromatic N) is 3. The van der Waals surface area contributed by atoms with Gasteiger partial charge in [-0.05, 0) is 49.7 Å². The maximum absolute atomic E-state index is 13.2. The smallest absolute Gasteiger partial charge is 0.271 e. The summed E-state index contributed by atoms with van der Waals surface area (Å²) in [7, 11) is 1.58. The summed E-state index contributed by atoms with van der Waals surface area (Å²) >= 11 is 0. The van der Waals surface area contributed by atoms with Crippen LogP contribution >= 0.6 is 0 Å². The lowest BCUT2D eigenvalue weighted by Gasteiger charge is -2.18. The van der Waals surface area contributed by atoms with Crippen molar-refractivity contribution in [3.05, 3.63) is 68.8 Å². The summed E-state index contributed by atoms with van der Waals surface area (Å²) in [4.78, 5) is 28.5. The van der Waals surface area contributed by atoms with Gasteiger partial charge in [0.15, 0.2) is 0 Å². The number of non-ortho nitro benzene ring substituents is 1. The molecular weight excluding hydrogens is 348 g/mol. The summed E-state index contributed by atoms with van der Waals surface area (Å²) < 4.78 is 6.77. The fourth-order valence-corrected chi connectivity index (χ4v) is 3.42. The van der Waals surface area contributed by atoms with E-state index < -0.39 is 4.92 Å². The van der Waals surface area contributed by atoms with Crippen molar-refractivity contribution in [1.29, 1.82) is 0 Å². The topological polar surface area (TPSA) is 99.3 Å². The molecule has 1 aliphatic heterocycles. The number of rotatable bonds is 4. The number of fused-ring (bicyclic) bond motifs is 1. The van der Waals surface area contributed by atoms with Crippen LogP contribution in [0.2, 0.25) is 0 Å². The highest BCUT2D eigenvalue weighted by Crippen LogP contribution is 2.26. The molecule has 0 spiro atoms. The molecule has 1 fully saturated rings. The first-order valence-corrected chi connectivity index (χ1v) is 8.67. The normalized spacial score (nSPS) is 16.6. The van der Waals surface area contributed by atoms with Crippen LogP contribution < -0.4 is 15.6 Å². The van der Waals surface area contributed by atoms with Gasteiger partial charge < -0.3 is 10.1 Å². The standard InChI is InChI=1S/C19H18N4O4/c1-27-14-7-4-12(5-8-14)22-18(16-3-2-10-20-16)21-17-11-13(23(25)26)6-9-15(17)19(22)24/h4-9,11,16,20H,2-3,10H2,1H3/t16-/m1/s1. The number of nitro benzene ring substituents is 1. The first-order chi connectivity index (χ1) is 13.1. The van der Waals surface area contributed by atoms with Crippen molar-refractivity contribution >= 4 is 16.6 Å². The van der Waals surface area contributed by atoms with Gasteiger partial charge in [-0.1, -0.05) is 0 Å². The molecule has 0 aliphatic carbocycles. The average molecular weight is 366 g/mol. The van der Waals surface area contributed by atoms with E-state index in [2.05, 4.69) is 10.3 Å². The van der Waals surface area contributed by atoms with Crippen molar-refractivity contribution in [2.75, 3.05) is 13.7 Å². The van der Waals surface area contributed by atoms with Crippen LogP contribution in [0, 0.1) is 10.1 Å². The summed E-state index contributed by atoms with van der Waals surface area (Å²) in [5, 5.41) is 14.8. The summed E-state index contributed by atoms with van der Waals surface area (Å²) in [5.74, 6) is 1.26. The molecule has 0 unspecified atom stereocenters. The molecule has 8 nitrogen and oxygen atoms in total. The average Bonchev–Trinajstić information content (AvgIpc) is 3.22. The number of hydrogen-bond acceptors (Lipinski definition) is 6. The molecular formula is C19H18N4O4. The Kier molecular flexibility index (Phi) is 4.33.